The normalized spacial score (nSPS) is 10.7. The number of para-hydroxylation sites is 1. The molecule has 0 bridgehead atoms. The summed E-state index contributed by atoms with van der Waals surface area (Å²) >= 11 is 0. The molecule has 0 spiro atoms. The van der Waals surface area contributed by atoms with E-state index in [9.17, 15) is 9.59 Å². The summed E-state index contributed by atoms with van der Waals surface area (Å²) in [6.45, 7) is 0.378. The van der Waals surface area contributed by atoms with Crippen LogP contribution in [0.5, 0.6) is 0 Å². The van der Waals surface area contributed by atoms with Gasteiger partial charge in [0.2, 0.25) is 5.91 Å². The summed E-state index contributed by atoms with van der Waals surface area (Å²) in [6, 6.07) is 14.5. The third-order valence-corrected chi connectivity index (χ3v) is 4.02. The van der Waals surface area contributed by atoms with E-state index in [1.165, 1.54) is 12.1 Å². The molecule has 5 heteroatoms. The predicted molar refractivity (Wildman–Crippen MR) is 91.9 cm³/mol. The summed E-state index contributed by atoms with van der Waals surface area (Å²) in [5.41, 5.74) is 3.20. The van der Waals surface area contributed by atoms with Crippen molar-refractivity contribution in [3.05, 3.63) is 71.4 Å². The lowest BCUT2D eigenvalue weighted by molar-refractivity contribution is -0.120. The minimum atomic E-state index is -0.957. The maximum absolute atomic E-state index is 12.2. The monoisotopic (exact) mass is 322 g/mol. The van der Waals surface area contributed by atoms with Gasteiger partial charge in [0.1, 0.15) is 0 Å². The highest BCUT2D eigenvalue weighted by Crippen LogP contribution is 2.20. The van der Waals surface area contributed by atoms with Crippen molar-refractivity contribution in [2.45, 2.75) is 13.0 Å². The number of aryl methyl sites for hydroxylation is 1. The number of hydrogen-bond acceptors (Lipinski definition) is 2. The molecular weight excluding hydrogens is 304 g/mol. The van der Waals surface area contributed by atoms with E-state index < -0.39 is 5.97 Å². The molecule has 0 saturated heterocycles. The molecule has 1 aromatic heterocycles. The van der Waals surface area contributed by atoms with Crippen LogP contribution < -0.4 is 5.32 Å². The first-order valence-electron chi connectivity index (χ1n) is 7.66. The summed E-state index contributed by atoms with van der Waals surface area (Å²) in [7, 11) is 1.97. The van der Waals surface area contributed by atoms with Crippen LogP contribution in [0, 0.1) is 0 Å². The van der Waals surface area contributed by atoms with Crippen molar-refractivity contribution < 1.29 is 14.7 Å². The average molecular weight is 322 g/mol. The molecule has 0 radical (unpaired) electrons. The summed E-state index contributed by atoms with van der Waals surface area (Å²) < 4.78 is 2.02. The molecule has 0 unspecified atom stereocenters. The molecule has 3 rings (SSSR count). The zero-order valence-electron chi connectivity index (χ0n) is 13.3. The second kappa shape index (κ2) is 6.58. The number of carboxylic acids is 1. The third-order valence-electron chi connectivity index (χ3n) is 4.02. The molecule has 122 valence electrons. The highest BCUT2D eigenvalue weighted by molar-refractivity contribution is 5.89. The first kappa shape index (κ1) is 15.8. The summed E-state index contributed by atoms with van der Waals surface area (Å²) in [6.07, 6.45) is 2.29. The van der Waals surface area contributed by atoms with Gasteiger partial charge in [-0.25, -0.2) is 4.79 Å². The Bertz CT molecular complexity index is 895. The lowest BCUT2D eigenvalue weighted by Crippen LogP contribution is -2.24. The van der Waals surface area contributed by atoms with E-state index in [-0.39, 0.29) is 11.5 Å². The van der Waals surface area contributed by atoms with Gasteiger partial charge in [-0.2, -0.15) is 0 Å². The maximum Gasteiger partial charge on any atom is 0.335 e. The molecule has 1 heterocycles. The second-order valence-electron chi connectivity index (χ2n) is 5.74. The van der Waals surface area contributed by atoms with Gasteiger partial charge in [-0.05, 0) is 29.3 Å². The number of aromatic nitrogens is 1. The molecule has 0 aliphatic carbocycles. The lowest BCUT2D eigenvalue weighted by Gasteiger charge is -2.05. The van der Waals surface area contributed by atoms with Gasteiger partial charge < -0.3 is 15.0 Å². The van der Waals surface area contributed by atoms with Gasteiger partial charge in [-0.3, -0.25) is 4.79 Å². The molecule has 0 saturated carbocycles. The largest absolute Gasteiger partial charge is 0.478 e. The van der Waals surface area contributed by atoms with E-state index in [1.54, 1.807) is 12.1 Å². The molecule has 0 aliphatic heterocycles. The molecule has 5 nitrogen and oxygen atoms in total. The number of fused-ring (bicyclic) bond motifs is 1. The number of carbonyl (C=O) groups excluding carboxylic acids is 1. The van der Waals surface area contributed by atoms with Crippen LogP contribution >= 0.6 is 0 Å². The molecule has 2 aromatic carbocycles. The zero-order valence-corrected chi connectivity index (χ0v) is 13.3. The Morgan fingerprint density at radius 3 is 2.50 bits per heavy atom. The lowest BCUT2D eigenvalue weighted by atomic mass is 10.1. The van der Waals surface area contributed by atoms with Crippen molar-refractivity contribution in [1.82, 2.24) is 9.88 Å². The van der Waals surface area contributed by atoms with Crippen molar-refractivity contribution in [1.29, 1.82) is 0 Å². The van der Waals surface area contributed by atoms with E-state index in [4.69, 9.17) is 5.11 Å². The third kappa shape index (κ3) is 3.30. The molecule has 24 heavy (non-hydrogen) atoms. The molecule has 3 aromatic rings. The number of nitrogens with zero attached hydrogens (tertiary/aromatic N) is 1. The topological polar surface area (TPSA) is 71.3 Å². The fourth-order valence-electron chi connectivity index (χ4n) is 2.77. The first-order valence-corrected chi connectivity index (χ1v) is 7.66. The van der Waals surface area contributed by atoms with Gasteiger partial charge in [-0.15, -0.1) is 0 Å². The Morgan fingerprint density at radius 1 is 1.08 bits per heavy atom. The van der Waals surface area contributed by atoms with Crippen molar-refractivity contribution in [3.63, 3.8) is 0 Å². The van der Waals surface area contributed by atoms with E-state index in [2.05, 4.69) is 5.32 Å². The number of aromatic carboxylic acids is 1. The summed E-state index contributed by atoms with van der Waals surface area (Å²) in [4.78, 5) is 23.0. The molecule has 1 amide bonds. The van der Waals surface area contributed by atoms with Crippen LogP contribution in [0.3, 0.4) is 0 Å². The summed E-state index contributed by atoms with van der Waals surface area (Å²) in [5.74, 6) is -1.02. The minimum Gasteiger partial charge on any atom is -0.478 e. The van der Waals surface area contributed by atoms with Crippen LogP contribution in [0.15, 0.2) is 54.7 Å². The average Bonchev–Trinajstić information content (AvgIpc) is 2.90. The highest BCUT2D eigenvalue weighted by atomic mass is 16.4. The van der Waals surface area contributed by atoms with Crippen LogP contribution in [-0.4, -0.2) is 21.6 Å². The molecular formula is C19H18N2O3. The zero-order chi connectivity index (χ0) is 17.1. The van der Waals surface area contributed by atoms with Crippen LogP contribution in [0.2, 0.25) is 0 Å². The van der Waals surface area contributed by atoms with Gasteiger partial charge in [0.15, 0.2) is 0 Å². The Hall–Kier alpha value is -3.08. The number of carboxylic acid groups (broad SMARTS) is 1. The molecule has 0 atom stereocenters. The number of carbonyl (C=O) groups is 2. The fourth-order valence-corrected chi connectivity index (χ4v) is 2.77. The van der Waals surface area contributed by atoms with Gasteiger partial charge in [0.25, 0.3) is 0 Å². The highest BCUT2D eigenvalue weighted by Gasteiger charge is 2.10. The Kier molecular flexibility index (Phi) is 4.33. The number of benzene rings is 2. The Balaban J connectivity index is 1.64. The van der Waals surface area contributed by atoms with Crippen molar-refractivity contribution in [2.24, 2.45) is 7.05 Å². The summed E-state index contributed by atoms with van der Waals surface area (Å²) in [5, 5.41) is 12.8. The number of rotatable bonds is 5. The van der Waals surface area contributed by atoms with Gasteiger partial charge in [0.05, 0.1) is 12.0 Å². The van der Waals surface area contributed by atoms with Crippen LogP contribution in [0.25, 0.3) is 10.9 Å². The Morgan fingerprint density at radius 2 is 1.79 bits per heavy atom. The van der Waals surface area contributed by atoms with E-state index in [1.807, 2.05) is 42.1 Å². The smallest absolute Gasteiger partial charge is 0.335 e. The standard InChI is InChI=1S/C19H18N2O3/c1-21-12-15(16-4-2-3-5-17(16)21)10-18(22)20-11-13-6-8-14(9-7-13)19(23)24/h2-9,12H,10-11H2,1H3,(H,20,22)(H,23,24). The van der Waals surface area contributed by atoms with Gasteiger partial charge in [-0.1, -0.05) is 30.3 Å². The van der Waals surface area contributed by atoms with Crippen LogP contribution in [0.4, 0.5) is 0 Å². The number of hydrogen-bond donors (Lipinski definition) is 2. The van der Waals surface area contributed by atoms with Crippen molar-refractivity contribution in [2.75, 3.05) is 0 Å². The minimum absolute atomic E-state index is 0.0614. The first-order chi connectivity index (χ1) is 11.5. The maximum atomic E-state index is 12.2. The van der Waals surface area contributed by atoms with Gasteiger partial charge >= 0.3 is 5.97 Å². The quantitative estimate of drug-likeness (QED) is 0.759. The van der Waals surface area contributed by atoms with E-state index >= 15 is 0 Å². The van der Waals surface area contributed by atoms with Crippen molar-refractivity contribution in [3.8, 4) is 0 Å². The predicted octanol–water partition coefficient (Wildman–Crippen LogP) is 2.74. The fraction of sp³-hybridized carbons (Fsp3) is 0.158. The molecule has 2 N–H and O–H groups in total. The second-order valence-corrected chi connectivity index (χ2v) is 5.74. The van der Waals surface area contributed by atoms with E-state index in [0.29, 0.717) is 13.0 Å². The number of amides is 1. The Labute approximate surface area is 139 Å². The molecule has 0 aliphatic rings. The molecule has 0 fully saturated rings. The van der Waals surface area contributed by atoms with Gasteiger partial charge in [0, 0.05) is 30.7 Å². The SMILES string of the molecule is Cn1cc(CC(=O)NCc2ccc(C(=O)O)cc2)c2ccccc21. The van der Waals surface area contributed by atoms with Crippen LogP contribution in [0.1, 0.15) is 21.5 Å². The van der Waals surface area contributed by atoms with E-state index in [0.717, 1.165) is 22.0 Å². The number of nitrogens with one attached hydrogen (secondary N) is 1. The van der Waals surface area contributed by atoms with Crippen molar-refractivity contribution >= 4 is 22.8 Å². The van der Waals surface area contributed by atoms with Crippen LogP contribution in [-0.2, 0) is 24.8 Å².